The molecule has 1 aromatic heterocycles. The topological polar surface area (TPSA) is 113 Å². The van der Waals surface area contributed by atoms with Gasteiger partial charge >= 0.3 is 6.18 Å². The van der Waals surface area contributed by atoms with E-state index >= 15 is 0 Å². The number of halogens is 3. The molecule has 4 rings (SSSR count). The van der Waals surface area contributed by atoms with Crippen LogP contribution < -0.4 is 10.1 Å². The largest absolute Gasteiger partial charge is 0.490 e. The maximum atomic E-state index is 12.7. The van der Waals surface area contributed by atoms with Gasteiger partial charge in [0.2, 0.25) is 5.91 Å². The van der Waals surface area contributed by atoms with Crippen molar-refractivity contribution in [3.8, 4) is 17.5 Å². The molecule has 0 spiro atoms. The summed E-state index contributed by atoms with van der Waals surface area (Å²) in [4.78, 5) is 26.5. The van der Waals surface area contributed by atoms with E-state index in [1.165, 1.54) is 23.0 Å². The van der Waals surface area contributed by atoms with Gasteiger partial charge in [-0.05, 0) is 36.4 Å². The summed E-state index contributed by atoms with van der Waals surface area (Å²) in [5, 5.41) is 19.4. The number of hydrogen-bond donors (Lipinski definition) is 1. The smallest absolute Gasteiger partial charge is 0.416 e. The Morgan fingerprint density at radius 1 is 1.11 bits per heavy atom. The number of nitriles is 1. The lowest BCUT2D eigenvalue weighted by atomic mass is 10.1. The molecule has 0 atom stereocenters. The van der Waals surface area contributed by atoms with Crippen LogP contribution in [-0.2, 0) is 11.0 Å². The summed E-state index contributed by atoms with van der Waals surface area (Å²) in [7, 11) is 0. The number of hydrogen-bond acceptors (Lipinski definition) is 6. The number of alkyl halides is 3. The lowest BCUT2D eigenvalue weighted by molar-refractivity contribution is -0.137. The molecule has 2 amide bonds. The molecule has 1 aliphatic heterocycles. The fraction of sp³-hybridized carbons (Fsp3) is 0.292. The van der Waals surface area contributed by atoms with Crippen molar-refractivity contribution >= 4 is 11.8 Å². The van der Waals surface area contributed by atoms with Gasteiger partial charge in [-0.15, -0.1) is 5.10 Å². The fourth-order valence-corrected chi connectivity index (χ4v) is 3.75. The van der Waals surface area contributed by atoms with Crippen LogP contribution in [0.1, 0.15) is 34.5 Å². The molecule has 1 fully saturated rings. The van der Waals surface area contributed by atoms with E-state index in [9.17, 15) is 28.0 Å². The highest BCUT2D eigenvalue weighted by Gasteiger charge is 2.30. The molecule has 1 aliphatic rings. The lowest BCUT2D eigenvalue weighted by Crippen LogP contribution is -2.46. The van der Waals surface area contributed by atoms with Crippen LogP contribution in [0.3, 0.4) is 0 Å². The number of nitrogens with one attached hydrogen (secondary N) is 1. The van der Waals surface area contributed by atoms with Gasteiger partial charge in [-0.3, -0.25) is 9.59 Å². The third kappa shape index (κ3) is 5.80. The van der Waals surface area contributed by atoms with E-state index in [0.717, 1.165) is 12.1 Å². The Kier molecular flexibility index (Phi) is 7.19. The minimum atomic E-state index is -4.40. The van der Waals surface area contributed by atoms with E-state index in [4.69, 9.17) is 4.74 Å². The van der Waals surface area contributed by atoms with Crippen LogP contribution in [0.5, 0.6) is 5.75 Å². The SMILES string of the molecule is N#Cc1ccccc1-n1cc(C(=O)NCC(=O)N2CCC(Oc3ccc(C(F)(F)F)cc3)CC2)nn1. The molecule has 0 radical (unpaired) electrons. The fourth-order valence-electron chi connectivity index (χ4n) is 3.75. The number of piperidine rings is 1. The first-order chi connectivity index (χ1) is 17.2. The van der Waals surface area contributed by atoms with E-state index in [1.807, 2.05) is 6.07 Å². The predicted octanol–water partition coefficient (Wildman–Crippen LogP) is 2.96. The summed E-state index contributed by atoms with van der Waals surface area (Å²) < 4.78 is 45.1. The van der Waals surface area contributed by atoms with Crippen molar-refractivity contribution in [3.63, 3.8) is 0 Å². The zero-order chi connectivity index (χ0) is 25.7. The molecule has 186 valence electrons. The number of likely N-dealkylation sites (tertiary alicyclic amines) is 1. The Morgan fingerprint density at radius 2 is 1.81 bits per heavy atom. The number of ether oxygens (including phenoxy) is 1. The van der Waals surface area contributed by atoms with Gasteiger partial charge < -0.3 is 15.0 Å². The molecule has 0 unspecified atom stereocenters. The highest BCUT2D eigenvalue weighted by molar-refractivity contribution is 5.94. The van der Waals surface area contributed by atoms with Gasteiger partial charge in [0.05, 0.1) is 29.6 Å². The molecule has 12 heteroatoms. The van der Waals surface area contributed by atoms with Gasteiger partial charge in [-0.1, -0.05) is 17.3 Å². The number of benzene rings is 2. The second kappa shape index (κ2) is 10.5. The number of rotatable bonds is 6. The molecule has 0 bridgehead atoms. The third-order valence-electron chi connectivity index (χ3n) is 5.68. The molecule has 3 aromatic rings. The minimum Gasteiger partial charge on any atom is -0.490 e. The minimum absolute atomic E-state index is 0.000748. The van der Waals surface area contributed by atoms with E-state index < -0.39 is 17.6 Å². The number of para-hydroxylation sites is 1. The molecule has 2 aromatic carbocycles. The summed E-state index contributed by atoms with van der Waals surface area (Å²) in [5.74, 6) is -0.520. The molecular formula is C24H21F3N6O3. The second-order valence-electron chi connectivity index (χ2n) is 8.08. The highest BCUT2D eigenvalue weighted by atomic mass is 19.4. The number of nitrogens with zero attached hydrogens (tertiary/aromatic N) is 5. The molecule has 1 N–H and O–H groups in total. The van der Waals surface area contributed by atoms with Crippen molar-refractivity contribution in [2.75, 3.05) is 19.6 Å². The van der Waals surface area contributed by atoms with Crippen molar-refractivity contribution < 1.29 is 27.5 Å². The average molecular weight is 498 g/mol. The van der Waals surface area contributed by atoms with Crippen LogP contribution in [0.25, 0.3) is 5.69 Å². The predicted molar refractivity (Wildman–Crippen MR) is 120 cm³/mol. The third-order valence-corrected chi connectivity index (χ3v) is 5.68. The molecular weight excluding hydrogens is 477 g/mol. The van der Waals surface area contributed by atoms with Crippen molar-refractivity contribution in [1.82, 2.24) is 25.2 Å². The van der Waals surface area contributed by atoms with Gasteiger partial charge in [0, 0.05) is 25.9 Å². The van der Waals surface area contributed by atoms with Crippen LogP contribution >= 0.6 is 0 Å². The molecule has 9 nitrogen and oxygen atoms in total. The Morgan fingerprint density at radius 3 is 2.47 bits per heavy atom. The number of amides is 2. The Labute approximate surface area is 204 Å². The van der Waals surface area contributed by atoms with Crippen molar-refractivity contribution in [2.45, 2.75) is 25.1 Å². The first kappa shape index (κ1) is 24.7. The van der Waals surface area contributed by atoms with E-state index in [-0.39, 0.29) is 24.2 Å². The Bertz CT molecular complexity index is 1280. The quantitative estimate of drug-likeness (QED) is 0.559. The summed E-state index contributed by atoms with van der Waals surface area (Å²) in [5.41, 5.74) is 0.102. The van der Waals surface area contributed by atoms with Crippen LogP contribution in [0.2, 0.25) is 0 Å². The van der Waals surface area contributed by atoms with Gasteiger partial charge in [-0.2, -0.15) is 18.4 Å². The molecule has 2 heterocycles. The van der Waals surface area contributed by atoms with Gasteiger partial charge in [0.15, 0.2) is 5.69 Å². The second-order valence-corrected chi connectivity index (χ2v) is 8.08. The first-order valence-electron chi connectivity index (χ1n) is 11.1. The van der Waals surface area contributed by atoms with Crippen molar-refractivity contribution in [3.05, 3.63) is 71.5 Å². The number of carbonyl (C=O) groups excluding carboxylic acids is 2. The number of carbonyl (C=O) groups is 2. The Hall–Kier alpha value is -4.40. The Balaban J connectivity index is 1.24. The lowest BCUT2D eigenvalue weighted by Gasteiger charge is -2.32. The zero-order valence-electron chi connectivity index (χ0n) is 18.9. The molecule has 1 saturated heterocycles. The normalized spacial score (nSPS) is 14.2. The molecule has 0 aliphatic carbocycles. The standard InChI is InChI=1S/C24H21F3N6O3/c25-24(26,27)17-5-7-18(8-6-17)36-19-9-11-32(12-10-19)22(34)14-29-23(35)20-15-33(31-30-20)21-4-2-1-3-16(21)13-28/h1-8,15,19H,9-12,14H2,(H,29,35). The maximum Gasteiger partial charge on any atom is 0.416 e. The van der Waals surface area contributed by atoms with Gasteiger partial charge in [-0.25, -0.2) is 4.68 Å². The number of aromatic nitrogens is 3. The zero-order valence-corrected chi connectivity index (χ0v) is 18.9. The average Bonchev–Trinajstić information content (AvgIpc) is 3.37. The molecule has 0 saturated carbocycles. The van der Waals surface area contributed by atoms with E-state index in [2.05, 4.69) is 15.6 Å². The summed E-state index contributed by atoms with van der Waals surface area (Å²) in [6.45, 7) is 0.549. The van der Waals surface area contributed by atoms with E-state index in [1.54, 1.807) is 29.2 Å². The summed E-state index contributed by atoms with van der Waals surface area (Å²) in [6.07, 6.45) is -2.24. The highest BCUT2D eigenvalue weighted by Crippen LogP contribution is 2.30. The summed E-state index contributed by atoms with van der Waals surface area (Å²) in [6, 6.07) is 13.3. The maximum absolute atomic E-state index is 12.7. The van der Waals surface area contributed by atoms with Crippen LogP contribution in [0.4, 0.5) is 13.2 Å². The van der Waals surface area contributed by atoms with Gasteiger partial charge in [0.25, 0.3) is 5.91 Å². The van der Waals surface area contributed by atoms with Crippen LogP contribution in [0.15, 0.2) is 54.7 Å². The van der Waals surface area contributed by atoms with Crippen LogP contribution in [0, 0.1) is 11.3 Å². The van der Waals surface area contributed by atoms with Crippen molar-refractivity contribution in [2.24, 2.45) is 0 Å². The molecule has 36 heavy (non-hydrogen) atoms. The van der Waals surface area contributed by atoms with Crippen molar-refractivity contribution in [1.29, 1.82) is 5.26 Å². The van der Waals surface area contributed by atoms with Gasteiger partial charge in [0.1, 0.15) is 17.9 Å². The van der Waals surface area contributed by atoms with Crippen LogP contribution in [-0.4, -0.2) is 57.4 Å². The summed E-state index contributed by atoms with van der Waals surface area (Å²) >= 11 is 0. The monoisotopic (exact) mass is 498 g/mol. The first-order valence-corrected chi connectivity index (χ1v) is 11.1. The van der Waals surface area contributed by atoms with E-state index in [0.29, 0.717) is 42.9 Å².